The normalized spacial score (nSPS) is 22.8. The van der Waals surface area contributed by atoms with Gasteiger partial charge in [-0.15, -0.1) is 17.5 Å². The van der Waals surface area contributed by atoms with Gasteiger partial charge in [-0.2, -0.15) is 0 Å². The molecule has 2 aliphatic rings. The number of hydrogen-bond donors (Lipinski definition) is 1. The third-order valence-electron chi connectivity index (χ3n) is 5.35. The first kappa shape index (κ1) is 20.6. The number of piperidine rings is 2. The molecule has 3 heterocycles. The summed E-state index contributed by atoms with van der Waals surface area (Å²) in [6.45, 7) is 5.37. The van der Waals surface area contributed by atoms with Crippen LogP contribution >= 0.6 is 12.4 Å². The zero-order valence-electron chi connectivity index (χ0n) is 15.4. The lowest BCUT2D eigenvalue weighted by Crippen LogP contribution is -2.57. The average molecular weight is 386 g/mol. The summed E-state index contributed by atoms with van der Waals surface area (Å²) in [5.74, 6) is 1.51. The van der Waals surface area contributed by atoms with Crippen LogP contribution in [0.2, 0.25) is 0 Å². The van der Waals surface area contributed by atoms with Crippen LogP contribution in [0.5, 0.6) is 0 Å². The molecule has 2 aliphatic heterocycles. The Labute approximate surface area is 159 Å². The fourth-order valence-electron chi connectivity index (χ4n) is 3.92. The van der Waals surface area contributed by atoms with Gasteiger partial charge in [-0.1, -0.05) is 0 Å². The molecule has 0 aliphatic carbocycles. The molecule has 26 heavy (non-hydrogen) atoms. The van der Waals surface area contributed by atoms with Crippen LogP contribution in [0, 0.1) is 12.8 Å². The highest BCUT2D eigenvalue weighted by molar-refractivity contribution is 5.85. The van der Waals surface area contributed by atoms with Crippen molar-refractivity contribution in [3.8, 4) is 0 Å². The molecular formula is C16H28ClN7O2. The van der Waals surface area contributed by atoms with Crippen molar-refractivity contribution in [1.82, 2.24) is 35.3 Å². The van der Waals surface area contributed by atoms with Crippen LogP contribution < -0.4 is 5.32 Å². The van der Waals surface area contributed by atoms with Crippen LogP contribution in [0.15, 0.2) is 0 Å². The highest BCUT2D eigenvalue weighted by Crippen LogP contribution is 2.31. The molecule has 1 N–H and O–H groups in total. The summed E-state index contributed by atoms with van der Waals surface area (Å²) in [4.78, 5) is 28.8. The SMILES string of the molecule is CNCCN1C(=O)CC[C@H]2CN(C(=O)CCn3nnnc3C)CC[C@H]21.Cl. The van der Waals surface area contributed by atoms with Crippen molar-refractivity contribution in [3.63, 3.8) is 0 Å². The molecule has 0 unspecified atom stereocenters. The van der Waals surface area contributed by atoms with Crippen LogP contribution in [0.4, 0.5) is 0 Å². The average Bonchev–Trinajstić information content (AvgIpc) is 3.03. The van der Waals surface area contributed by atoms with E-state index in [1.54, 1.807) is 4.68 Å². The molecule has 2 fully saturated rings. The first-order valence-corrected chi connectivity index (χ1v) is 9.04. The zero-order chi connectivity index (χ0) is 17.8. The monoisotopic (exact) mass is 385 g/mol. The Morgan fingerprint density at radius 2 is 2.12 bits per heavy atom. The van der Waals surface area contributed by atoms with E-state index in [2.05, 4.69) is 20.8 Å². The number of nitrogens with one attached hydrogen (secondary N) is 1. The molecule has 1 aromatic heterocycles. The van der Waals surface area contributed by atoms with E-state index in [1.807, 2.05) is 23.8 Å². The Balaban J connectivity index is 0.00000243. The number of likely N-dealkylation sites (tertiary alicyclic amines) is 2. The molecule has 10 heteroatoms. The number of carbonyl (C=O) groups is 2. The second kappa shape index (κ2) is 9.27. The van der Waals surface area contributed by atoms with Crippen molar-refractivity contribution in [2.45, 2.75) is 45.2 Å². The molecule has 2 atom stereocenters. The summed E-state index contributed by atoms with van der Waals surface area (Å²) in [5.41, 5.74) is 0. The lowest BCUT2D eigenvalue weighted by Gasteiger charge is -2.47. The second-order valence-electron chi connectivity index (χ2n) is 6.88. The van der Waals surface area contributed by atoms with Crippen molar-refractivity contribution >= 4 is 24.2 Å². The number of carbonyl (C=O) groups excluding carboxylic acids is 2. The zero-order valence-corrected chi connectivity index (χ0v) is 16.2. The van der Waals surface area contributed by atoms with Gasteiger partial charge < -0.3 is 15.1 Å². The first-order valence-electron chi connectivity index (χ1n) is 9.04. The molecule has 9 nitrogen and oxygen atoms in total. The number of nitrogens with zero attached hydrogens (tertiary/aromatic N) is 6. The Morgan fingerprint density at radius 1 is 1.31 bits per heavy atom. The highest BCUT2D eigenvalue weighted by atomic mass is 35.5. The summed E-state index contributed by atoms with van der Waals surface area (Å²) in [5, 5.41) is 14.4. The summed E-state index contributed by atoms with van der Waals surface area (Å²) in [6.07, 6.45) is 2.76. The maximum absolute atomic E-state index is 12.6. The standard InChI is InChI=1S/C16H27N7O2.ClH/c1-12-18-19-20-23(12)9-6-15(24)21-8-5-14-13(11-21)3-4-16(25)22(14)10-7-17-2;/h13-14,17H,3-11H2,1-2H3;1H/t13-,14+;/m0./s1. The Hall–Kier alpha value is -1.74. The minimum Gasteiger partial charge on any atom is -0.342 e. The second-order valence-corrected chi connectivity index (χ2v) is 6.88. The molecule has 0 aromatic carbocycles. The Kier molecular flexibility index (Phi) is 7.33. The van der Waals surface area contributed by atoms with Crippen LogP contribution in [0.3, 0.4) is 0 Å². The van der Waals surface area contributed by atoms with Crippen molar-refractivity contribution in [3.05, 3.63) is 5.82 Å². The predicted molar refractivity (Wildman–Crippen MR) is 97.8 cm³/mol. The van der Waals surface area contributed by atoms with Gasteiger partial charge in [-0.05, 0) is 43.2 Å². The van der Waals surface area contributed by atoms with Crippen molar-refractivity contribution in [2.75, 3.05) is 33.2 Å². The first-order chi connectivity index (χ1) is 12.1. The molecule has 0 radical (unpaired) electrons. The van der Waals surface area contributed by atoms with Crippen LogP contribution in [-0.4, -0.2) is 81.1 Å². The van der Waals surface area contributed by atoms with E-state index in [9.17, 15) is 9.59 Å². The van der Waals surface area contributed by atoms with E-state index in [4.69, 9.17) is 0 Å². The van der Waals surface area contributed by atoms with Gasteiger partial charge in [-0.25, -0.2) is 4.68 Å². The number of fused-ring (bicyclic) bond motifs is 1. The van der Waals surface area contributed by atoms with Crippen LogP contribution in [-0.2, 0) is 16.1 Å². The molecular weight excluding hydrogens is 358 g/mol. The lowest BCUT2D eigenvalue weighted by molar-refractivity contribution is -0.144. The van der Waals surface area contributed by atoms with Gasteiger partial charge in [-0.3, -0.25) is 9.59 Å². The number of rotatable bonds is 6. The van der Waals surface area contributed by atoms with E-state index in [0.717, 1.165) is 44.8 Å². The molecule has 0 bridgehead atoms. The number of amides is 2. The summed E-state index contributed by atoms with van der Waals surface area (Å²) in [6, 6.07) is 0.278. The highest BCUT2D eigenvalue weighted by Gasteiger charge is 2.39. The third-order valence-corrected chi connectivity index (χ3v) is 5.35. The van der Waals surface area contributed by atoms with Gasteiger partial charge in [0.05, 0.1) is 6.54 Å². The van der Waals surface area contributed by atoms with E-state index < -0.39 is 0 Å². The van der Waals surface area contributed by atoms with Gasteiger partial charge in [0, 0.05) is 45.1 Å². The van der Waals surface area contributed by atoms with Crippen LogP contribution in [0.25, 0.3) is 0 Å². The quantitative estimate of drug-likeness (QED) is 0.731. The smallest absolute Gasteiger partial charge is 0.224 e. The van der Waals surface area contributed by atoms with E-state index >= 15 is 0 Å². The summed E-state index contributed by atoms with van der Waals surface area (Å²) in [7, 11) is 1.90. The number of aryl methyl sites for hydroxylation is 2. The number of hydrogen-bond acceptors (Lipinski definition) is 6. The minimum atomic E-state index is 0. The van der Waals surface area contributed by atoms with E-state index in [-0.39, 0.29) is 30.3 Å². The molecule has 2 saturated heterocycles. The van der Waals surface area contributed by atoms with Gasteiger partial charge in [0.1, 0.15) is 5.82 Å². The minimum absolute atomic E-state index is 0. The summed E-state index contributed by atoms with van der Waals surface area (Å²) >= 11 is 0. The molecule has 1 aromatic rings. The summed E-state index contributed by atoms with van der Waals surface area (Å²) < 4.78 is 1.66. The van der Waals surface area contributed by atoms with Gasteiger partial charge >= 0.3 is 0 Å². The van der Waals surface area contributed by atoms with Gasteiger partial charge in [0.15, 0.2) is 0 Å². The molecule has 2 amide bonds. The van der Waals surface area contributed by atoms with Gasteiger partial charge in [0.2, 0.25) is 11.8 Å². The maximum Gasteiger partial charge on any atom is 0.224 e. The van der Waals surface area contributed by atoms with E-state index in [0.29, 0.717) is 25.3 Å². The fourth-order valence-corrected chi connectivity index (χ4v) is 3.92. The predicted octanol–water partition coefficient (Wildman–Crippen LogP) is -0.148. The Bertz CT molecular complexity index is 623. The van der Waals surface area contributed by atoms with Crippen LogP contribution in [0.1, 0.15) is 31.5 Å². The fraction of sp³-hybridized carbons (Fsp3) is 0.812. The van der Waals surface area contributed by atoms with Crippen molar-refractivity contribution in [2.24, 2.45) is 5.92 Å². The van der Waals surface area contributed by atoms with E-state index in [1.165, 1.54) is 0 Å². The third kappa shape index (κ3) is 4.50. The topological polar surface area (TPSA) is 96.2 Å². The van der Waals surface area contributed by atoms with Crippen molar-refractivity contribution in [1.29, 1.82) is 0 Å². The number of halogens is 1. The number of tetrazole rings is 1. The molecule has 146 valence electrons. The van der Waals surface area contributed by atoms with Gasteiger partial charge in [0.25, 0.3) is 0 Å². The largest absolute Gasteiger partial charge is 0.342 e. The lowest BCUT2D eigenvalue weighted by atomic mass is 9.83. The molecule has 0 saturated carbocycles. The molecule has 3 rings (SSSR count). The molecule has 0 spiro atoms. The Morgan fingerprint density at radius 3 is 2.81 bits per heavy atom. The van der Waals surface area contributed by atoms with Crippen molar-refractivity contribution < 1.29 is 9.59 Å². The number of aromatic nitrogens is 4. The number of likely N-dealkylation sites (N-methyl/N-ethyl adjacent to an activating group) is 1. The maximum atomic E-state index is 12.6.